The molecule has 0 atom stereocenters. The van der Waals surface area contributed by atoms with Crippen LogP contribution in [0.5, 0.6) is 0 Å². The summed E-state index contributed by atoms with van der Waals surface area (Å²) in [5.41, 5.74) is 1.06. The van der Waals surface area contributed by atoms with Crippen molar-refractivity contribution < 1.29 is 9.18 Å². The van der Waals surface area contributed by atoms with E-state index in [2.05, 4.69) is 23.6 Å². The van der Waals surface area contributed by atoms with Crippen molar-refractivity contribution >= 4 is 11.5 Å². The van der Waals surface area contributed by atoms with Crippen molar-refractivity contribution in [1.82, 2.24) is 4.90 Å². The summed E-state index contributed by atoms with van der Waals surface area (Å²) in [6.45, 7) is 11.0. The van der Waals surface area contributed by atoms with Crippen molar-refractivity contribution in [1.29, 1.82) is 0 Å². The summed E-state index contributed by atoms with van der Waals surface area (Å²) in [5.74, 6) is 0.175. The Morgan fingerprint density at radius 1 is 1.12 bits per heavy atom. The smallest absolute Gasteiger partial charge is 0.162 e. The molecule has 0 unspecified atom stereocenters. The lowest BCUT2D eigenvalue weighted by Crippen LogP contribution is -2.47. The predicted molar refractivity (Wildman–Crippen MR) is 98.4 cm³/mol. The Morgan fingerprint density at radius 3 is 2.25 bits per heavy atom. The van der Waals surface area contributed by atoms with Crippen LogP contribution >= 0.6 is 0 Å². The maximum absolute atomic E-state index is 14.0. The first kappa shape index (κ1) is 18.9. The average molecular weight is 334 g/mol. The van der Waals surface area contributed by atoms with Crippen LogP contribution in [0.1, 0.15) is 56.8 Å². The van der Waals surface area contributed by atoms with E-state index in [0.717, 1.165) is 37.8 Å². The number of ketones is 1. The van der Waals surface area contributed by atoms with Gasteiger partial charge in [0.05, 0.1) is 5.56 Å². The summed E-state index contributed by atoms with van der Waals surface area (Å²) in [6.07, 6.45) is 5.14. The van der Waals surface area contributed by atoms with Crippen LogP contribution in [-0.4, -0.2) is 43.4 Å². The van der Waals surface area contributed by atoms with Crippen molar-refractivity contribution in [2.24, 2.45) is 5.92 Å². The van der Waals surface area contributed by atoms with Crippen LogP contribution in [0.3, 0.4) is 0 Å². The zero-order chi connectivity index (χ0) is 17.5. The predicted octanol–water partition coefficient (Wildman–Crippen LogP) is 4.37. The molecular formula is C20H31FN2O. The topological polar surface area (TPSA) is 23.6 Å². The molecule has 4 heteroatoms. The molecule has 134 valence electrons. The van der Waals surface area contributed by atoms with Gasteiger partial charge in [-0.15, -0.1) is 0 Å². The fraction of sp³-hybridized carbons (Fsp3) is 0.650. The highest BCUT2D eigenvalue weighted by molar-refractivity contribution is 5.94. The molecule has 0 N–H and O–H groups in total. The van der Waals surface area contributed by atoms with Gasteiger partial charge in [0, 0.05) is 38.4 Å². The number of rotatable bonds is 8. The summed E-state index contributed by atoms with van der Waals surface area (Å²) in [4.78, 5) is 16.1. The minimum absolute atomic E-state index is 0.180. The number of benzene rings is 1. The third-order valence-corrected chi connectivity index (χ3v) is 4.98. The fourth-order valence-corrected chi connectivity index (χ4v) is 3.68. The number of nitrogens with zero attached hydrogens (tertiary/aromatic N) is 2. The second-order valence-corrected chi connectivity index (χ2v) is 6.95. The highest BCUT2D eigenvalue weighted by Crippen LogP contribution is 2.22. The van der Waals surface area contributed by atoms with Crippen molar-refractivity contribution in [2.75, 3.05) is 37.6 Å². The summed E-state index contributed by atoms with van der Waals surface area (Å²) in [7, 11) is 0. The van der Waals surface area contributed by atoms with Crippen LogP contribution in [0.25, 0.3) is 0 Å². The maximum Gasteiger partial charge on any atom is 0.162 e. The standard InChI is InChI=1S/C20H31FN2O/c1-4-6-17(7-5-2)15-22-10-12-23(13-11-22)18-8-9-19(16(3)24)20(21)14-18/h8-9,14,17H,4-7,10-13,15H2,1-3H3. The van der Waals surface area contributed by atoms with E-state index in [1.54, 1.807) is 6.07 Å². The van der Waals surface area contributed by atoms with Crippen LogP contribution in [0, 0.1) is 11.7 Å². The molecule has 1 fully saturated rings. The van der Waals surface area contributed by atoms with Crippen LogP contribution in [0.2, 0.25) is 0 Å². The van der Waals surface area contributed by atoms with Crippen molar-refractivity contribution in [3.63, 3.8) is 0 Å². The van der Waals surface area contributed by atoms with Gasteiger partial charge in [-0.25, -0.2) is 4.39 Å². The van der Waals surface area contributed by atoms with E-state index in [0.29, 0.717) is 0 Å². The molecule has 0 aromatic heterocycles. The Morgan fingerprint density at radius 2 is 1.75 bits per heavy atom. The molecule has 1 aromatic carbocycles. The molecule has 1 aliphatic heterocycles. The number of Topliss-reactive ketones (excluding diaryl/α,β-unsaturated/α-hetero) is 1. The summed E-state index contributed by atoms with van der Waals surface area (Å²) >= 11 is 0. The van der Waals surface area contributed by atoms with E-state index < -0.39 is 5.82 Å². The van der Waals surface area contributed by atoms with Gasteiger partial charge in [0.15, 0.2) is 5.78 Å². The van der Waals surface area contributed by atoms with Crippen LogP contribution in [0.4, 0.5) is 10.1 Å². The Hall–Kier alpha value is -1.42. The minimum atomic E-state index is -0.409. The highest BCUT2D eigenvalue weighted by atomic mass is 19.1. The molecule has 1 saturated heterocycles. The third kappa shape index (κ3) is 5.04. The van der Waals surface area contributed by atoms with Gasteiger partial charge >= 0.3 is 0 Å². The third-order valence-electron chi connectivity index (χ3n) is 4.98. The molecule has 3 nitrogen and oxygen atoms in total. The van der Waals surface area contributed by atoms with Gasteiger partial charge in [0.2, 0.25) is 0 Å². The normalized spacial score (nSPS) is 16.0. The molecule has 1 aliphatic rings. The van der Waals surface area contributed by atoms with Crippen molar-refractivity contribution in [2.45, 2.75) is 46.5 Å². The number of carbonyl (C=O) groups excluding carboxylic acids is 1. The minimum Gasteiger partial charge on any atom is -0.369 e. The Kier molecular flexibility index (Phi) is 7.22. The molecule has 0 bridgehead atoms. The number of hydrogen-bond acceptors (Lipinski definition) is 3. The lowest BCUT2D eigenvalue weighted by molar-refractivity contribution is 0.101. The van der Waals surface area contributed by atoms with E-state index in [-0.39, 0.29) is 11.3 Å². The molecule has 0 spiro atoms. The first-order valence-corrected chi connectivity index (χ1v) is 9.32. The van der Waals surface area contributed by atoms with Gasteiger partial charge in [-0.1, -0.05) is 26.7 Å². The van der Waals surface area contributed by atoms with Gasteiger partial charge in [0.25, 0.3) is 0 Å². The lowest BCUT2D eigenvalue weighted by atomic mass is 9.97. The first-order valence-electron chi connectivity index (χ1n) is 9.32. The number of piperazine rings is 1. The lowest BCUT2D eigenvalue weighted by Gasteiger charge is -2.37. The SMILES string of the molecule is CCCC(CCC)CN1CCN(c2ccc(C(C)=O)c(F)c2)CC1. The molecule has 24 heavy (non-hydrogen) atoms. The van der Waals surface area contributed by atoms with Gasteiger partial charge in [-0.05, 0) is 43.9 Å². The summed E-state index contributed by atoms with van der Waals surface area (Å²) < 4.78 is 14.0. The van der Waals surface area contributed by atoms with E-state index in [1.165, 1.54) is 45.2 Å². The molecule has 1 aromatic rings. The van der Waals surface area contributed by atoms with E-state index in [4.69, 9.17) is 0 Å². The number of hydrogen-bond donors (Lipinski definition) is 0. The zero-order valence-corrected chi connectivity index (χ0v) is 15.4. The van der Waals surface area contributed by atoms with Crippen molar-refractivity contribution in [3.8, 4) is 0 Å². The van der Waals surface area contributed by atoms with Gasteiger partial charge < -0.3 is 4.90 Å². The second kappa shape index (κ2) is 9.16. The Balaban J connectivity index is 1.90. The quantitative estimate of drug-likeness (QED) is 0.660. The van der Waals surface area contributed by atoms with Gasteiger partial charge in [0.1, 0.15) is 5.82 Å². The number of carbonyl (C=O) groups is 1. The molecule has 1 heterocycles. The molecular weight excluding hydrogens is 303 g/mol. The maximum atomic E-state index is 14.0. The molecule has 0 radical (unpaired) electrons. The van der Waals surface area contributed by atoms with E-state index in [1.807, 2.05) is 6.07 Å². The summed E-state index contributed by atoms with van der Waals surface area (Å²) in [5, 5.41) is 0. The average Bonchev–Trinajstić information content (AvgIpc) is 2.55. The molecule has 2 rings (SSSR count). The molecule has 0 aliphatic carbocycles. The van der Waals surface area contributed by atoms with Crippen LogP contribution < -0.4 is 4.90 Å². The number of halogens is 1. The van der Waals surface area contributed by atoms with Crippen molar-refractivity contribution in [3.05, 3.63) is 29.6 Å². The van der Waals surface area contributed by atoms with Gasteiger partial charge in [-0.2, -0.15) is 0 Å². The monoisotopic (exact) mass is 334 g/mol. The molecule has 0 amide bonds. The van der Waals surface area contributed by atoms with Crippen LogP contribution in [-0.2, 0) is 0 Å². The Bertz CT molecular complexity index is 532. The first-order chi connectivity index (χ1) is 11.5. The summed E-state index contributed by atoms with van der Waals surface area (Å²) in [6, 6.07) is 4.98. The zero-order valence-electron chi connectivity index (χ0n) is 15.4. The number of anilines is 1. The van der Waals surface area contributed by atoms with Crippen LogP contribution in [0.15, 0.2) is 18.2 Å². The fourth-order valence-electron chi connectivity index (χ4n) is 3.68. The van der Waals surface area contributed by atoms with E-state index in [9.17, 15) is 9.18 Å². The molecule has 0 saturated carbocycles. The van der Waals surface area contributed by atoms with E-state index >= 15 is 0 Å². The highest BCUT2D eigenvalue weighted by Gasteiger charge is 2.20. The second-order valence-electron chi connectivity index (χ2n) is 6.95. The van der Waals surface area contributed by atoms with Gasteiger partial charge in [-0.3, -0.25) is 9.69 Å². The Labute approximate surface area is 145 Å². The largest absolute Gasteiger partial charge is 0.369 e.